The fourth-order valence-corrected chi connectivity index (χ4v) is 5.36. The highest BCUT2D eigenvalue weighted by molar-refractivity contribution is 7.80. The van der Waals surface area contributed by atoms with Gasteiger partial charge in [0.05, 0.1) is 0 Å². The van der Waals surface area contributed by atoms with E-state index in [4.69, 9.17) is 12.2 Å². The van der Waals surface area contributed by atoms with Crippen molar-refractivity contribution < 1.29 is 5.11 Å². The first-order valence-corrected chi connectivity index (χ1v) is 10.6. The molecule has 0 aliphatic carbocycles. The summed E-state index contributed by atoms with van der Waals surface area (Å²) in [6, 6.07) is 7.95. The Hall–Kier alpha value is -0.790. The molecule has 1 fully saturated rings. The monoisotopic (exact) mass is 366 g/mol. The van der Waals surface area contributed by atoms with E-state index in [0.717, 1.165) is 47.7 Å². The van der Waals surface area contributed by atoms with Crippen LogP contribution >= 0.6 is 32.9 Å². The minimum absolute atomic E-state index is 0.392. The molecule has 0 radical (unpaired) electrons. The Morgan fingerprint density at radius 1 is 1.09 bits per heavy atom. The quantitative estimate of drug-likeness (QED) is 0.625. The Kier molecular flexibility index (Phi) is 5.82. The van der Waals surface area contributed by atoms with Gasteiger partial charge in [0.2, 0.25) is 0 Å². The summed E-state index contributed by atoms with van der Waals surface area (Å²) < 4.78 is 0.923. The standard InChI is InChI=1S/C17H22N2OS3/c1-2-5-18-6-8-19(9-7-18)12-14-10-13(3-4-15(14)20)16-11-17(21)23-22-16/h3-4,10-11,20H,2,5-9,12H2,1H3. The molecule has 23 heavy (non-hydrogen) atoms. The van der Waals surface area contributed by atoms with E-state index in [0.29, 0.717) is 5.75 Å². The molecule has 3 rings (SSSR count). The predicted octanol–water partition coefficient (Wildman–Crippen LogP) is 4.44. The van der Waals surface area contributed by atoms with Crippen LogP contribution in [0, 0.1) is 3.82 Å². The van der Waals surface area contributed by atoms with Crippen molar-refractivity contribution in [1.29, 1.82) is 0 Å². The van der Waals surface area contributed by atoms with Gasteiger partial charge in [-0.15, -0.1) is 0 Å². The predicted molar refractivity (Wildman–Crippen MR) is 102 cm³/mol. The van der Waals surface area contributed by atoms with Crippen molar-refractivity contribution in [2.45, 2.75) is 19.9 Å². The highest BCUT2D eigenvalue weighted by Crippen LogP contribution is 2.32. The fourth-order valence-electron chi connectivity index (χ4n) is 2.97. The Balaban J connectivity index is 1.69. The smallest absolute Gasteiger partial charge is 0.120 e. The molecule has 1 aromatic heterocycles. The van der Waals surface area contributed by atoms with Crippen molar-refractivity contribution in [3.8, 4) is 16.2 Å². The van der Waals surface area contributed by atoms with Gasteiger partial charge in [0.15, 0.2) is 0 Å². The second-order valence-corrected chi connectivity index (χ2v) is 8.87. The highest BCUT2D eigenvalue weighted by Gasteiger charge is 2.17. The average molecular weight is 367 g/mol. The lowest BCUT2D eigenvalue weighted by Crippen LogP contribution is -2.45. The van der Waals surface area contributed by atoms with Crippen LogP contribution < -0.4 is 0 Å². The van der Waals surface area contributed by atoms with Crippen LogP contribution in [0.15, 0.2) is 24.3 Å². The van der Waals surface area contributed by atoms with Gasteiger partial charge in [-0.25, -0.2) is 0 Å². The first kappa shape index (κ1) is 17.0. The summed E-state index contributed by atoms with van der Waals surface area (Å²) in [6.45, 7) is 8.63. The topological polar surface area (TPSA) is 26.7 Å². The van der Waals surface area contributed by atoms with Gasteiger partial charge in [-0.3, -0.25) is 4.90 Å². The van der Waals surface area contributed by atoms with Gasteiger partial charge in [-0.1, -0.05) is 39.8 Å². The van der Waals surface area contributed by atoms with Crippen LogP contribution in [0.4, 0.5) is 0 Å². The number of rotatable bonds is 5. The van der Waals surface area contributed by atoms with Crippen molar-refractivity contribution in [1.82, 2.24) is 9.80 Å². The maximum Gasteiger partial charge on any atom is 0.120 e. The van der Waals surface area contributed by atoms with Crippen LogP contribution in [0.25, 0.3) is 10.4 Å². The molecule has 0 saturated carbocycles. The van der Waals surface area contributed by atoms with Crippen LogP contribution in [-0.4, -0.2) is 47.6 Å². The molecule has 1 aliphatic rings. The molecule has 0 atom stereocenters. The number of hydrogen-bond donors (Lipinski definition) is 1. The fraction of sp³-hybridized carbons (Fsp3) is 0.471. The van der Waals surface area contributed by atoms with E-state index < -0.39 is 0 Å². The van der Waals surface area contributed by atoms with Gasteiger partial charge >= 0.3 is 0 Å². The number of piperazine rings is 1. The zero-order valence-electron chi connectivity index (χ0n) is 13.3. The lowest BCUT2D eigenvalue weighted by Gasteiger charge is -2.34. The molecule has 3 nitrogen and oxygen atoms in total. The number of phenolic OH excluding ortho intramolecular Hbond substituents is 1. The first-order chi connectivity index (χ1) is 11.2. The summed E-state index contributed by atoms with van der Waals surface area (Å²) >= 11 is 5.22. The maximum atomic E-state index is 10.2. The van der Waals surface area contributed by atoms with E-state index in [1.165, 1.54) is 17.8 Å². The van der Waals surface area contributed by atoms with Crippen LogP contribution in [-0.2, 0) is 6.54 Å². The number of phenols is 1. The van der Waals surface area contributed by atoms with E-state index in [9.17, 15) is 5.11 Å². The van der Waals surface area contributed by atoms with Gasteiger partial charge in [0, 0.05) is 43.2 Å². The summed E-state index contributed by atoms with van der Waals surface area (Å²) in [5.41, 5.74) is 2.16. The summed E-state index contributed by atoms with van der Waals surface area (Å²) in [5.74, 6) is 0.392. The van der Waals surface area contributed by atoms with E-state index in [-0.39, 0.29) is 0 Å². The average Bonchev–Trinajstić information content (AvgIpc) is 2.98. The molecular weight excluding hydrogens is 344 g/mol. The Morgan fingerprint density at radius 2 is 1.83 bits per heavy atom. The van der Waals surface area contributed by atoms with Crippen molar-refractivity contribution in [3.63, 3.8) is 0 Å². The van der Waals surface area contributed by atoms with Crippen molar-refractivity contribution in [2.75, 3.05) is 32.7 Å². The molecule has 2 aromatic rings. The lowest BCUT2D eigenvalue weighted by molar-refractivity contribution is 0.126. The Labute approximate surface area is 150 Å². The normalized spacial score (nSPS) is 16.7. The third kappa shape index (κ3) is 4.39. The van der Waals surface area contributed by atoms with E-state index in [2.05, 4.69) is 22.8 Å². The number of aromatic hydroxyl groups is 1. The number of nitrogens with zero attached hydrogens (tertiary/aromatic N) is 2. The second-order valence-electron chi connectivity index (χ2n) is 5.96. The summed E-state index contributed by atoms with van der Waals surface area (Å²) in [4.78, 5) is 6.14. The zero-order valence-corrected chi connectivity index (χ0v) is 15.8. The minimum atomic E-state index is 0.392. The van der Waals surface area contributed by atoms with E-state index in [1.54, 1.807) is 20.7 Å². The lowest BCUT2D eigenvalue weighted by atomic mass is 10.1. The number of benzene rings is 1. The molecule has 1 aliphatic heterocycles. The van der Waals surface area contributed by atoms with Crippen molar-refractivity contribution in [3.05, 3.63) is 33.7 Å². The minimum Gasteiger partial charge on any atom is -0.508 e. The number of hydrogen-bond acceptors (Lipinski definition) is 6. The first-order valence-electron chi connectivity index (χ1n) is 8.03. The Morgan fingerprint density at radius 3 is 2.48 bits per heavy atom. The van der Waals surface area contributed by atoms with Gasteiger partial charge in [0.1, 0.15) is 9.57 Å². The zero-order chi connectivity index (χ0) is 16.2. The third-order valence-electron chi connectivity index (χ3n) is 4.23. The SMILES string of the molecule is CCCN1CCN(Cc2cc(-c3cc(=S)ss3)ccc2O)CC1. The van der Waals surface area contributed by atoms with Gasteiger partial charge in [-0.05, 0) is 42.8 Å². The van der Waals surface area contributed by atoms with Gasteiger partial charge in [0.25, 0.3) is 0 Å². The van der Waals surface area contributed by atoms with Crippen molar-refractivity contribution >= 4 is 32.9 Å². The second kappa shape index (κ2) is 7.85. The highest BCUT2D eigenvalue weighted by atomic mass is 32.9. The molecule has 0 bridgehead atoms. The molecule has 0 unspecified atom stereocenters. The van der Waals surface area contributed by atoms with E-state index in [1.807, 2.05) is 18.2 Å². The summed E-state index contributed by atoms with van der Waals surface area (Å²) in [5, 5.41) is 10.2. The third-order valence-corrected chi connectivity index (χ3v) is 7.14. The molecular formula is C17H22N2OS3. The van der Waals surface area contributed by atoms with Gasteiger partial charge in [-0.2, -0.15) is 0 Å². The van der Waals surface area contributed by atoms with Crippen LogP contribution in [0.1, 0.15) is 18.9 Å². The van der Waals surface area contributed by atoms with Gasteiger partial charge < -0.3 is 10.0 Å². The molecule has 0 amide bonds. The molecule has 2 heterocycles. The van der Waals surface area contributed by atoms with Crippen LogP contribution in [0.2, 0.25) is 0 Å². The molecule has 6 heteroatoms. The Bertz CT molecular complexity index is 702. The summed E-state index contributed by atoms with van der Waals surface area (Å²) in [6.07, 6.45) is 1.22. The summed E-state index contributed by atoms with van der Waals surface area (Å²) in [7, 11) is 3.33. The molecule has 1 N–H and O–H groups in total. The molecule has 0 spiro atoms. The van der Waals surface area contributed by atoms with Crippen LogP contribution in [0.5, 0.6) is 5.75 Å². The van der Waals surface area contributed by atoms with E-state index >= 15 is 0 Å². The van der Waals surface area contributed by atoms with Crippen molar-refractivity contribution in [2.24, 2.45) is 0 Å². The molecule has 1 saturated heterocycles. The molecule has 1 aromatic carbocycles. The van der Waals surface area contributed by atoms with Crippen LogP contribution in [0.3, 0.4) is 0 Å². The maximum absolute atomic E-state index is 10.2. The largest absolute Gasteiger partial charge is 0.508 e. The molecule has 124 valence electrons.